The summed E-state index contributed by atoms with van der Waals surface area (Å²) in [6, 6.07) is 5.84. The van der Waals surface area contributed by atoms with Crippen molar-refractivity contribution in [3.05, 3.63) is 35.9 Å². The lowest BCUT2D eigenvalue weighted by Gasteiger charge is -2.55. The fourth-order valence-electron chi connectivity index (χ4n) is 5.58. The van der Waals surface area contributed by atoms with Crippen LogP contribution in [0.4, 0.5) is 0 Å². The molecule has 5 heteroatoms. The van der Waals surface area contributed by atoms with E-state index in [0.29, 0.717) is 13.0 Å². The highest BCUT2D eigenvalue weighted by Crippen LogP contribution is 2.58. The van der Waals surface area contributed by atoms with Crippen LogP contribution in [0.25, 0.3) is 0 Å². The van der Waals surface area contributed by atoms with Gasteiger partial charge in [-0.3, -0.25) is 9.59 Å². The maximum Gasteiger partial charge on any atom is 0.307 e. The molecule has 1 fully saturated rings. The van der Waals surface area contributed by atoms with E-state index in [4.69, 9.17) is 14.2 Å². The standard InChI is InChI=1S/C25H34O5/c1-6-30-23(27)16-25-13-12-17(2)24(3,21(25)8-7-9-22(25)26)15-18-14-19(28-4)10-11-20(18)29-5/h10-14,17,21H,6-9,15-16H2,1-5H3/t17-,21+,24-,25+/m1/s1. The summed E-state index contributed by atoms with van der Waals surface area (Å²) in [5, 5.41) is 0. The zero-order chi connectivity index (χ0) is 21.9. The molecule has 1 saturated carbocycles. The Labute approximate surface area is 179 Å². The van der Waals surface area contributed by atoms with Crippen molar-refractivity contribution < 1.29 is 23.8 Å². The average Bonchev–Trinajstić information content (AvgIpc) is 2.72. The number of allylic oxidation sites excluding steroid dienone is 2. The Kier molecular flexibility index (Phi) is 6.59. The van der Waals surface area contributed by atoms with Gasteiger partial charge in [-0.05, 0) is 67.2 Å². The number of methoxy groups -OCH3 is 2. The molecule has 164 valence electrons. The Hall–Kier alpha value is -2.30. The lowest BCUT2D eigenvalue weighted by Crippen LogP contribution is -2.54. The molecule has 1 aromatic carbocycles. The summed E-state index contributed by atoms with van der Waals surface area (Å²) in [6.07, 6.45) is 7.31. The molecule has 5 nitrogen and oxygen atoms in total. The van der Waals surface area contributed by atoms with Crippen LogP contribution < -0.4 is 9.47 Å². The van der Waals surface area contributed by atoms with E-state index in [1.165, 1.54) is 0 Å². The van der Waals surface area contributed by atoms with Gasteiger partial charge in [0.25, 0.3) is 0 Å². The number of rotatable bonds is 7. The topological polar surface area (TPSA) is 61.8 Å². The molecule has 0 heterocycles. The Morgan fingerprint density at radius 3 is 2.67 bits per heavy atom. The van der Waals surface area contributed by atoms with E-state index < -0.39 is 5.41 Å². The maximum absolute atomic E-state index is 13.3. The molecule has 4 atom stereocenters. The smallest absolute Gasteiger partial charge is 0.307 e. The zero-order valence-corrected chi connectivity index (χ0v) is 18.8. The summed E-state index contributed by atoms with van der Waals surface area (Å²) in [5.41, 5.74) is 0.0685. The normalized spacial score (nSPS) is 30.5. The number of carbonyl (C=O) groups excluding carboxylic acids is 2. The van der Waals surface area contributed by atoms with Gasteiger partial charge in [0.1, 0.15) is 17.3 Å². The van der Waals surface area contributed by atoms with Crippen LogP contribution in [0.3, 0.4) is 0 Å². The second-order valence-corrected chi connectivity index (χ2v) is 8.90. The summed E-state index contributed by atoms with van der Waals surface area (Å²) in [7, 11) is 3.33. The van der Waals surface area contributed by atoms with Gasteiger partial charge in [-0.15, -0.1) is 0 Å². The first kappa shape index (κ1) is 22.4. The minimum atomic E-state index is -0.780. The van der Waals surface area contributed by atoms with Crippen molar-refractivity contribution in [1.29, 1.82) is 0 Å². The van der Waals surface area contributed by atoms with Crippen LogP contribution in [0.5, 0.6) is 11.5 Å². The third kappa shape index (κ3) is 3.86. The fraction of sp³-hybridized carbons (Fsp3) is 0.600. The zero-order valence-electron chi connectivity index (χ0n) is 18.8. The number of Topliss-reactive ketones (excluding diaryl/α,β-unsaturated/α-hetero) is 1. The number of benzene rings is 1. The number of carbonyl (C=O) groups is 2. The van der Waals surface area contributed by atoms with E-state index in [-0.39, 0.29) is 35.4 Å². The predicted molar refractivity (Wildman–Crippen MR) is 116 cm³/mol. The van der Waals surface area contributed by atoms with Crippen molar-refractivity contribution in [2.45, 2.75) is 52.9 Å². The molecule has 0 aliphatic heterocycles. The van der Waals surface area contributed by atoms with Crippen LogP contribution >= 0.6 is 0 Å². The molecule has 0 bridgehead atoms. The lowest BCUT2D eigenvalue weighted by molar-refractivity contribution is -0.155. The second kappa shape index (κ2) is 8.83. The molecular formula is C25H34O5. The van der Waals surface area contributed by atoms with Gasteiger partial charge in [0.2, 0.25) is 0 Å². The molecule has 0 spiro atoms. The molecule has 1 aromatic rings. The highest BCUT2D eigenvalue weighted by molar-refractivity contribution is 5.92. The van der Waals surface area contributed by atoms with Gasteiger partial charge in [-0.2, -0.15) is 0 Å². The van der Waals surface area contributed by atoms with Crippen LogP contribution in [0.1, 0.15) is 52.0 Å². The average molecular weight is 415 g/mol. The fourth-order valence-corrected chi connectivity index (χ4v) is 5.58. The summed E-state index contributed by atoms with van der Waals surface area (Å²) in [5.74, 6) is 1.78. The van der Waals surface area contributed by atoms with Crippen molar-refractivity contribution in [3.8, 4) is 11.5 Å². The third-order valence-electron chi connectivity index (χ3n) is 7.36. The van der Waals surface area contributed by atoms with Crippen LogP contribution in [0.15, 0.2) is 30.4 Å². The molecule has 0 amide bonds. The monoisotopic (exact) mass is 414 g/mol. The molecule has 3 rings (SSSR count). The van der Waals surface area contributed by atoms with Gasteiger partial charge >= 0.3 is 5.97 Å². The Morgan fingerprint density at radius 2 is 2.00 bits per heavy atom. The van der Waals surface area contributed by atoms with Crippen molar-refractivity contribution in [2.24, 2.45) is 22.7 Å². The first-order chi connectivity index (χ1) is 14.3. The van der Waals surface area contributed by atoms with E-state index >= 15 is 0 Å². The lowest BCUT2D eigenvalue weighted by atomic mass is 9.48. The minimum absolute atomic E-state index is 0.0616. The molecule has 0 N–H and O–H groups in total. The maximum atomic E-state index is 13.3. The summed E-state index contributed by atoms with van der Waals surface area (Å²) < 4.78 is 16.3. The molecule has 2 aliphatic rings. The van der Waals surface area contributed by atoms with Gasteiger partial charge in [0.15, 0.2) is 0 Å². The number of ether oxygens (including phenoxy) is 3. The van der Waals surface area contributed by atoms with E-state index in [2.05, 4.69) is 19.9 Å². The van der Waals surface area contributed by atoms with Crippen LogP contribution in [-0.2, 0) is 20.7 Å². The number of hydrogen-bond donors (Lipinski definition) is 0. The van der Waals surface area contributed by atoms with E-state index in [0.717, 1.165) is 36.3 Å². The number of fused-ring (bicyclic) bond motifs is 1. The van der Waals surface area contributed by atoms with E-state index in [9.17, 15) is 9.59 Å². The highest BCUT2D eigenvalue weighted by Gasteiger charge is 2.57. The quantitative estimate of drug-likeness (QED) is 0.475. The van der Waals surface area contributed by atoms with Gasteiger partial charge in [0, 0.05) is 6.42 Å². The molecule has 0 aromatic heterocycles. The van der Waals surface area contributed by atoms with Crippen LogP contribution in [0.2, 0.25) is 0 Å². The van der Waals surface area contributed by atoms with E-state index in [1.54, 1.807) is 21.1 Å². The van der Waals surface area contributed by atoms with Gasteiger partial charge in [-0.25, -0.2) is 0 Å². The number of ketones is 1. The molecule has 0 unspecified atom stereocenters. The van der Waals surface area contributed by atoms with Crippen LogP contribution in [-0.4, -0.2) is 32.6 Å². The van der Waals surface area contributed by atoms with Crippen molar-refractivity contribution in [3.63, 3.8) is 0 Å². The molecule has 0 saturated heterocycles. The molecule has 30 heavy (non-hydrogen) atoms. The van der Waals surface area contributed by atoms with Gasteiger partial charge in [-0.1, -0.05) is 26.0 Å². The first-order valence-electron chi connectivity index (χ1n) is 10.9. The van der Waals surface area contributed by atoms with E-state index in [1.807, 2.05) is 24.3 Å². The summed E-state index contributed by atoms with van der Waals surface area (Å²) in [4.78, 5) is 25.8. The number of hydrogen-bond acceptors (Lipinski definition) is 5. The molecule has 0 radical (unpaired) electrons. The van der Waals surface area contributed by atoms with Gasteiger partial charge in [0.05, 0.1) is 32.7 Å². The van der Waals surface area contributed by atoms with Crippen molar-refractivity contribution >= 4 is 11.8 Å². The molecular weight excluding hydrogens is 380 g/mol. The number of esters is 1. The second-order valence-electron chi connectivity index (χ2n) is 8.90. The van der Waals surface area contributed by atoms with Crippen molar-refractivity contribution in [2.75, 3.05) is 20.8 Å². The Bertz CT molecular complexity index is 829. The predicted octanol–water partition coefficient (Wildman–Crippen LogP) is 4.77. The van der Waals surface area contributed by atoms with Gasteiger partial charge < -0.3 is 14.2 Å². The van der Waals surface area contributed by atoms with Crippen molar-refractivity contribution in [1.82, 2.24) is 0 Å². The summed E-state index contributed by atoms with van der Waals surface area (Å²) in [6.45, 7) is 6.58. The summed E-state index contributed by atoms with van der Waals surface area (Å²) >= 11 is 0. The third-order valence-corrected chi connectivity index (χ3v) is 7.36. The Morgan fingerprint density at radius 1 is 1.23 bits per heavy atom. The highest BCUT2D eigenvalue weighted by atomic mass is 16.5. The van der Waals surface area contributed by atoms with Crippen LogP contribution in [0, 0.1) is 22.7 Å². The first-order valence-corrected chi connectivity index (χ1v) is 10.9. The molecule has 2 aliphatic carbocycles. The minimum Gasteiger partial charge on any atom is -0.497 e. The Balaban J connectivity index is 2.04. The largest absolute Gasteiger partial charge is 0.497 e. The SMILES string of the molecule is CCOC(=O)C[C@@]12C=C[C@@H](C)[C@@](C)(Cc3cc(OC)ccc3OC)[C@@H]1CCCC2=O.